The number of hydrogen-bond acceptors (Lipinski definition) is 6. The third-order valence-corrected chi connectivity index (χ3v) is 8.88. The number of para-hydroxylation sites is 1. The normalized spacial score (nSPS) is 33.1. The van der Waals surface area contributed by atoms with Crippen molar-refractivity contribution in [3.63, 3.8) is 0 Å². The molecule has 4 aliphatic heterocycles. The van der Waals surface area contributed by atoms with E-state index in [9.17, 15) is 19.2 Å². The Morgan fingerprint density at radius 2 is 1.56 bits per heavy atom. The molecule has 168 valence electrons. The van der Waals surface area contributed by atoms with Gasteiger partial charge in [0.25, 0.3) is 0 Å². The van der Waals surface area contributed by atoms with Crippen molar-refractivity contribution in [2.24, 2.45) is 17.8 Å². The average molecular weight is 469 g/mol. The minimum Gasteiger partial charge on any atom is -0.297 e. The second kappa shape index (κ2) is 7.04. The van der Waals surface area contributed by atoms with Gasteiger partial charge in [-0.2, -0.15) is 0 Å². The van der Waals surface area contributed by atoms with Gasteiger partial charge < -0.3 is 0 Å². The molecular formula is C27H20N2O4S. The number of Topliss-reactive ketones (excluding diaryl/α,β-unsaturated/α-hetero) is 2. The summed E-state index contributed by atoms with van der Waals surface area (Å²) < 4.78 is 0. The molecule has 34 heavy (non-hydrogen) atoms. The van der Waals surface area contributed by atoms with E-state index in [0.717, 1.165) is 11.1 Å². The van der Waals surface area contributed by atoms with Crippen molar-refractivity contribution in [3.05, 3.63) is 88.1 Å². The summed E-state index contributed by atoms with van der Waals surface area (Å²) in [7, 11) is 0. The number of anilines is 1. The predicted octanol–water partition coefficient (Wildman–Crippen LogP) is 3.29. The number of nitrogens with zero attached hydrogens (tertiary/aromatic N) is 2. The van der Waals surface area contributed by atoms with E-state index < -0.39 is 29.7 Å². The molecule has 0 saturated carbocycles. The van der Waals surface area contributed by atoms with Gasteiger partial charge in [0.2, 0.25) is 11.8 Å². The van der Waals surface area contributed by atoms with E-state index in [1.807, 2.05) is 40.6 Å². The number of thiophene rings is 1. The number of fused-ring (bicyclic) bond motifs is 4. The van der Waals surface area contributed by atoms with Gasteiger partial charge >= 0.3 is 0 Å². The summed E-state index contributed by atoms with van der Waals surface area (Å²) in [5, 5.41) is 1.83. The lowest BCUT2D eigenvalue weighted by atomic mass is 9.68. The minimum atomic E-state index is -0.886. The molecule has 7 rings (SSSR count). The van der Waals surface area contributed by atoms with Crippen LogP contribution in [0.25, 0.3) is 0 Å². The van der Waals surface area contributed by atoms with Crippen molar-refractivity contribution < 1.29 is 19.2 Å². The van der Waals surface area contributed by atoms with E-state index in [0.29, 0.717) is 17.1 Å². The Morgan fingerprint density at radius 1 is 0.824 bits per heavy atom. The van der Waals surface area contributed by atoms with Crippen LogP contribution < -0.4 is 4.90 Å². The van der Waals surface area contributed by atoms with E-state index in [1.54, 1.807) is 36.4 Å². The Bertz CT molecular complexity index is 1370. The lowest BCUT2D eigenvalue weighted by molar-refractivity contribution is -0.137. The third kappa shape index (κ3) is 2.43. The summed E-state index contributed by atoms with van der Waals surface area (Å²) in [5.41, 5.74) is 2.54. The zero-order valence-corrected chi connectivity index (χ0v) is 18.9. The van der Waals surface area contributed by atoms with Gasteiger partial charge in [-0.15, -0.1) is 11.3 Å². The van der Waals surface area contributed by atoms with E-state index in [2.05, 4.69) is 0 Å². The standard InChI is InChI=1S/C27H20N2O4S/c30-24(17-11-6-12-34-17)21-18-16-10-5-4-7-14(16)13-28-22(18)19-20(23(28)25(21)31)27(33)29(26(19)32)15-8-2-1-3-9-15/h1-12,18-23H,13H2/t18-,19+,20-,21-,22-,23-/m0/s1. The van der Waals surface area contributed by atoms with Gasteiger partial charge in [-0.25, -0.2) is 4.90 Å². The van der Waals surface area contributed by atoms with Gasteiger partial charge in [0.05, 0.1) is 34.4 Å². The molecule has 0 spiro atoms. The molecule has 0 radical (unpaired) electrons. The topological polar surface area (TPSA) is 74.8 Å². The average Bonchev–Trinajstić information content (AvgIpc) is 3.53. The third-order valence-electron chi connectivity index (χ3n) is 8.00. The number of hydrogen-bond donors (Lipinski definition) is 0. The summed E-state index contributed by atoms with van der Waals surface area (Å²) in [6, 6.07) is 19.2. The van der Waals surface area contributed by atoms with Crippen LogP contribution in [0.1, 0.15) is 26.7 Å². The zero-order valence-electron chi connectivity index (χ0n) is 18.0. The van der Waals surface area contributed by atoms with Gasteiger partial charge in [-0.05, 0) is 34.7 Å². The first kappa shape index (κ1) is 20.0. The van der Waals surface area contributed by atoms with Gasteiger partial charge in [-0.3, -0.25) is 24.1 Å². The monoisotopic (exact) mass is 468 g/mol. The Hall–Kier alpha value is -3.42. The van der Waals surface area contributed by atoms with Gasteiger partial charge in [-0.1, -0.05) is 48.5 Å². The molecule has 2 aromatic carbocycles. The van der Waals surface area contributed by atoms with Crippen LogP contribution >= 0.6 is 11.3 Å². The Morgan fingerprint density at radius 3 is 2.32 bits per heavy atom. The molecule has 0 N–H and O–H groups in total. The highest BCUT2D eigenvalue weighted by atomic mass is 32.1. The second-order valence-electron chi connectivity index (χ2n) is 9.45. The number of carbonyl (C=O) groups is 4. The first-order valence-electron chi connectivity index (χ1n) is 11.5. The number of imide groups is 1. The molecule has 2 amide bonds. The fourth-order valence-electron chi connectivity index (χ4n) is 6.79. The lowest BCUT2D eigenvalue weighted by Crippen LogP contribution is -2.60. The Labute approximate surface area is 199 Å². The molecule has 3 fully saturated rings. The van der Waals surface area contributed by atoms with Crippen LogP contribution in [0.15, 0.2) is 72.1 Å². The predicted molar refractivity (Wildman–Crippen MR) is 125 cm³/mol. The highest BCUT2D eigenvalue weighted by Crippen LogP contribution is 2.58. The van der Waals surface area contributed by atoms with E-state index in [4.69, 9.17) is 0 Å². The Balaban J connectivity index is 1.40. The number of piperidine rings is 1. The van der Waals surface area contributed by atoms with Crippen molar-refractivity contribution in [1.29, 1.82) is 0 Å². The Kier molecular flexibility index (Phi) is 4.14. The highest BCUT2D eigenvalue weighted by molar-refractivity contribution is 7.12. The fraction of sp³-hybridized carbons (Fsp3) is 0.259. The molecule has 6 nitrogen and oxygen atoms in total. The first-order valence-corrected chi connectivity index (χ1v) is 12.3. The van der Waals surface area contributed by atoms with Crippen LogP contribution in [-0.2, 0) is 20.9 Å². The summed E-state index contributed by atoms with van der Waals surface area (Å²) in [4.78, 5) is 59.0. The molecule has 1 unspecified atom stereocenters. The fourth-order valence-corrected chi connectivity index (χ4v) is 7.50. The zero-order chi connectivity index (χ0) is 23.1. The van der Waals surface area contributed by atoms with Gasteiger partial charge in [0, 0.05) is 18.5 Å². The van der Waals surface area contributed by atoms with Crippen molar-refractivity contribution >= 4 is 40.4 Å². The summed E-state index contributed by atoms with van der Waals surface area (Å²) in [6.07, 6.45) is 0. The number of benzene rings is 2. The van der Waals surface area contributed by atoms with Crippen LogP contribution in [-0.4, -0.2) is 40.4 Å². The summed E-state index contributed by atoms with van der Waals surface area (Å²) >= 11 is 1.32. The highest BCUT2D eigenvalue weighted by Gasteiger charge is 2.71. The molecule has 0 aliphatic carbocycles. The van der Waals surface area contributed by atoms with E-state index in [1.165, 1.54) is 16.2 Å². The minimum absolute atomic E-state index is 0.198. The van der Waals surface area contributed by atoms with Crippen LogP contribution in [0.3, 0.4) is 0 Å². The maximum Gasteiger partial charge on any atom is 0.239 e. The van der Waals surface area contributed by atoms with Gasteiger partial charge in [0.15, 0.2) is 11.6 Å². The quantitative estimate of drug-likeness (QED) is 0.335. The van der Waals surface area contributed by atoms with Crippen molar-refractivity contribution in [3.8, 4) is 0 Å². The smallest absolute Gasteiger partial charge is 0.239 e. The number of carbonyl (C=O) groups excluding carboxylic acids is 4. The first-order chi connectivity index (χ1) is 16.6. The molecule has 4 aliphatic rings. The summed E-state index contributed by atoms with van der Waals surface area (Å²) in [5.74, 6) is -3.76. The van der Waals surface area contributed by atoms with Crippen LogP contribution in [0, 0.1) is 17.8 Å². The van der Waals surface area contributed by atoms with Crippen molar-refractivity contribution in [2.45, 2.75) is 24.5 Å². The van der Waals surface area contributed by atoms with E-state index >= 15 is 0 Å². The van der Waals surface area contributed by atoms with Crippen LogP contribution in [0.5, 0.6) is 0 Å². The summed E-state index contributed by atoms with van der Waals surface area (Å²) in [6.45, 7) is 0.507. The van der Waals surface area contributed by atoms with Crippen LogP contribution in [0.2, 0.25) is 0 Å². The SMILES string of the molecule is O=C(c1cccs1)[C@H]1C(=O)[C@@H]2[C@H]3C(=O)N(c4ccccc4)C(=O)[C@H]3[C@@H]3[C@H]1c1ccccc1CN32. The molecule has 1 aromatic heterocycles. The maximum absolute atomic E-state index is 14.0. The van der Waals surface area contributed by atoms with Crippen LogP contribution in [0.4, 0.5) is 5.69 Å². The van der Waals surface area contributed by atoms with Crippen molar-refractivity contribution in [2.75, 3.05) is 4.90 Å². The maximum atomic E-state index is 14.0. The molecular weight excluding hydrogens is 448 g/mol. The largest absolute Gasteiger partial charge is 0.297 e. The molecule has 7 atom stereocenters. The molecule has 4 bridgehead atoms. The second-order valence-corrected chi connectivity index (χ2v) is 10.4. The number of rotatable bonds is 3. The lowest BCUT2D eigenvalue weighted by Gasteiger charge is -2.48. The van der Waals surface area contributed by atoms with E-state index in [-0.39, 0.29) is 29.4 Å². The molecule has 3 saturated heterocycles. The number of amides is 2. The molecule has 7 heteroatoms. The van der Waals surface area contributed by atoms with Crippen molar-refractivity contribution in [1.82, 2.24) is 4.90 Å². The molecule has 5 heterocycles. The molecule has 3 aromatic rings. The van der Waals surface area contributed by atoms with Gasteiger partial charge in [0.1, 0.15) is 0 Å². The number of ketones is 2.